The van der Waals surface area contributed by atoms with Gasteiger partial charge in [-0.1, -0.05) is 17.7 Å². The highest BCUT2D eigenvalue weighted by atomic mass is 35.5. The number of hydrogen-bond donors (Lipinski definition) is 2. The molecule has 156 valence electrons. The molecule has 7 nitrogen and oxygen atoms in total. The standard InChI is InChI=1S/C20H24ClFN4O3/c1-3-26-20-13(9-24-26)7-19(21)25-17(20)8-14(27)10-29-11-16(23)12-4-5-18(28-2)15(22)6-12/h4-7,9,14,16,27H,3,8,10-11,23H2,1-2H3. The van der Waals surface area contributed by atoms with Crippen LogP contribution in [-0.2, 0) is 17.7 Å². The Hall–Kier alpha value is -2.26. The number of aliphatic hydroxyl groups is 1. The van der Waals surface area contributed by atoms with Gasteiger partial charge in [0.25, 0.3) is 0 Å². The molecule has 0 saturated heterocycles. The van der Waals surface area contributed by atoms with E-state index in [1.54, 1.807) is 18.3 Å². The molecule has 0 fully saturated rings. The van der Waals surface area contributed by atoms with Crippen molar-refractivity contribution in [3.63, 3.8) is 0 Å². The zero-order chi connectivity index (χ0) is 21.0. The van der Waals surface area contributed by atoms with Crippen LogP contribution in [0.1, 0.15) is 24.2 Å². The van der Waals surface area contributed by atoms with Gasteiger partial charge in [-0.3, -0.25) is 4.68 Å². The molecular formula is C20H24ClFN4O3. The predicted molar refractivity (Wildman–Crippen MR) is 109 cm³/mol. The van der Waals surface area contributed by atoms with E-state index in [0.29, 0.717) is 23.0 Å². The number of methoxy groups -OCH3 is 1. The Labute approximate surface area is 173 Å². The zero-order valence-electron chi connectivity index (χ0n) is 16.3. The summed E-state index contributed by atoms with van der Waals surface area (Å²) in [5.74, 6) is -0.326. The first-order valence-corrected chi connectivity index (χ1v) is 9.66. The number of ether oxygens (including phenoxy) is 2. The summed E-state index contributed by atoms with van der Waals surface area (Å²) in [5.41, 5.74) is 8.15. The van der Waals surface area contributed by atoms with Crippen molar-refractivity contribution >= 4 is 22.5 Å². The Morgan fingerprint density at radius 1 is 1.31 bits per heavy atom. The first-order chi connectivity index (χ1) is 13.9. The molecule has 3 aromatic rings. The lowest BCUT2D eigenvalue weighted by Crippen LogP contribution is -2.24. The van der Waals surface area contributed by atoms with Crippen LogP contribution in [0.5, 0.6) is 5.75 Å². The maximum Gasteiger partial charge on any atom is 0.165 e. The van der Waals surface area contributed by atoms with E-state index in [2.05, 4.69) is 10.1 Å². The molecule has 0 aliphatic carbocycles. The first kappa shape index (κ1) is 21.4. The quantitative estimate of drug-likeness (QED) is 0.515. The van der Waals surface area contributed by atoms with Crippen molar-refractivity contribution in [1.82, 2.24) is 14.8 Å². The highest BCUT2D eigenvalue weighted by Gasteiger charge is 2.16. The largest absolute Gasteiger partial charge is 0.494 e. The molecule has 29 heavy (non-hydrogen) atoms. The van der Waals surface area contributed by atoms with Crippen LogP contribution in [0.25, 0.3) is 10.9 Å². The van der Waals surface area contributed by atoms with E-state index in [9.17, 15) is 9.50 Å². The van der Waals surface area contributed by atoms with E-state index in [-0.39, 0.29) is 25.4 Å². The van der Waals surface area contributed by atoms with Gasteiger partial charge < -0.3 is 20.3 Å². The Morgan fingerprint density at radius 3 is 2.79 bits per heavy atom. The van der Waals surface area contributed by atoms with Crippen LogP contribution < -0.4 is 10.5 Å². The van der Waals surface area contributed by atoms with Crippen molar-refractivity contribution < 1.29 is 19.0 Å². The smallest absolute Gasteiger partial charge is 0.165 e. The zero-order valence-corrected chi connectivity index (χ0v) is 17.1. The van der Waals surface area contributed by atoms with E-state index in [0.717, 1.165) is 10.9 Å². The van der Waals surface area contributed by atoms with Gasteiger partial charge in [0.2, 0.25) is 0 Å². The monoisotopic (exact) mass is 422 g/mol. The summed E-state index contributed by atoms with van der Waals surface area (Å²) in [6.45, 7) is 2.85. The molecule has 0 amide bonds. The second kappa shape index (κ2) is 9.49. The molecule has 2 heterocycles. The predicted octanol–water partition coefficient (Wildman–Crippen LogP) is 2.87. The molecule has 3 N–H and O–H groups in total. The number of nitrogens with two attached hydrogens (primary N) is 1. The first-order valence-electron chi connectivity index (χ1n) is 9.28. The number of rotatable bonds is 9. The molecular weight excluding hydrogens is 399 g/mol. The van der Waals surface area contributed by atoms with Crippen LogP contribution in [0.15, 0.2) is 30.5 Å². The van der Waals surface area contributed by atoms with Crippen LogP contribution in [0.3, 0.4) is 0 Å². The Balaban J connectivity index is 1.59. The van der Waals surface area contributed by atoms with Crippen LogP contribution in [-0.4, -0.2) is 46.3 Å². The third-order valence-electron chi connectivity index (χ3n) is 4.60. The van der Waals surface area contributed by atoms with Gasteiger partial charge in [0.1, 0.15) is 5.15 Å². The van der Waals surface area contributed by atoms with E-state index in [1.807, 2.05) is 11.6 Å². The highest BCUT2D eigenvalue weighted by molar-refractivity contribution is 6.30. The summed E-state index contributed by atoms with van der Waals surface area (Å²) in [4.78, 5) is 4.35. The van der Waals surface area contributed by atoms with Crippen LogP contribution >= 0.6 is 11.6 Å². The molecule has 1 aromatic carbocycles. The minimum absolute atomic E-state index is 0.0578. The lowest BCUT2D eigenvalue weighted by molar-refractivity contribution is 0.0310. The Morgan fingerprint density at radius 2 is 2.10 bits per heavy atom. The summed E-state index contributed by atoms with van der Waals surface area (Å²) < 4.78 is 26.1. The second-order valence-corrected chi connectivity index (χ2v) is 7.07. The van der Waals surface area contributed by atoms with Crippen molar-refractivity contribution in [3.8, 4) is 5.75 Å². The third-order valence-corrected chi connectivity index (χ3v) is 4.79. The number of benzene rings is 1. The summed E-state index contributed by atoms with van der Waals surface area (Å²) in [5, 5.41) is 15.9. The number of hydrogen-bond acceptors (Lipinski definition) is 6. The van der Waals surface area contributed by atoms with Crippen molar-refractivity contribution in [2.75, 3.05) is 20.3 Å². The summed E-state index contributed by atoms with van der Waals surface area (Å²) in [6, 6.07) is 5.74. The molecule has 2 aromatic heterocycles. The molecule has 2 unspecified atom stereocenters. The lowest BCUT2D eigenvalue weighted by Gasteiger charge is -2.16. The molecule has 0 radical (unpaired) electrons. The molecule has 0 aliphatic rings. The van der Waals surface area contributed by atoms with Crippen LogP contribution in [0.2, 0.25) is 5.15 Å². The molecule has 9 heteroatoms. The fraction of sp³-hybridized carbons (Fsp3) is 0.400. The second-order valence-electron chi connectivity index (χ2n) is 6.69. The van der Waals surface area contributed by atoms with E-state index >= 15 is 0 Å². The van der Waals surface area contributed by atoms with Gasteiger partial charge in [-0.05, 0) is 30.7 Å². The Bertz CT molecular complexity index is 982. The number of halogens is 2. The molecule has 0 spiro atoms. The average Bonchev–Trinajstić information content (AvgIpc) is 3.10. The fourth-order valence-electron chi connectivity index (χ4n) is 3.17. The number of aryl methyl sites for hydroxylation is 1. The van der Waals surface area contributed by atoms with Crippen molar-refractivity contribution in [3.05, 3.63) is 52.7 Å². The lowest BCUT2D eigenvalue weighted by atomic mass is 10.1. The molecule has 0 saturated carbocycles. The van der Waals surface area contributed by atoms with Crippen molar-refractivity contribution in [2.24, 2.45) is 5.73 Å². The van der Waals surface area contributed by atoms with Gasteiger partial charge >= 0.3 is 0 Å². The molecule has 0 bridgehead atoms. The SMILES string of the molecule is CCn1ncc2cc(Cl)nc(CC(O)COCC(N)c3ccc(OC)c(F)c3)c21. The normalized spacial score (nSPS) is 13.6. The third kappa shape index (κ3) is 5.02. The summed E-state index contributed by atoms with van der Waals surface area (Å²) in [6.07, 6.45) is 1.19. The number of nitrogens with zero attached hydrogens (tertiary/aromatic N) is 3. The summed E-state index contributed by atoms with van der Waals surface area (Å²) in [7, 11) is 1.40. The topological polar surface area (TPSA) is 95.4 Å². The number of fused-ring (bicyclic) bond motifs is 1. The minimum atomic E-state index is -0.802. The van der Waals surface area contributed by atoms with Gasteiger partial charge in [-0.2, -0.15) is 5.10 Å². The minimum Gasteiger partial charge on any atom is -0.494 e. The Kier molecular flexibility index (Phi) is 7.02. The van der Waals surface area contributed by atoms with Gasteiger partial charge in [-0.15, -0.1) is 0 Å². The van der Waals surface area contributed by atoms with Crippen LogP contribution in [0.4, 0.5) is 4.39 Å². The fourth-order valence-corrected chi connectivity index (χ4v) is 3.39. The maximum atomic E-state index is 13.8. The van der Waals surface area contributed by atoms with E-state index in [1.165, 1.54) is 19.2 Å². The number of pyridine rings is 1. The van der Waals surface area contributed by atoms with Gasteiger partial charge in [0, 0.05) is 18.4 Å². The summed E-state index contributed by atoms with van der Waals surface area (Å²) >= 11 is 6.09. The number of aliphatic hydroxyl groups excluding tert-OH is 1. The van der Waals surface area contributed by atoms with E-state index in [4.69, 9.17) is 26.8 Å². The molecule has 2 atom stereocenters. The van der Waals surface area contributed by atoms with Crippen molar-refractivity contribution in [1.29, 1.82) is 0 Å². The average molecular weight is 423 g/mol. The van der Waals surface area contributed by atoms with Gasteiger partial charge in [0.15, 0.2) is 11.6 Å². The maximum absolute atomic E-state index is 13.8. The van der Waals surface area contributed by atoms with Gasteiger partial charge in [-0.25, -0.2) is 9.37 Å². The molecule has 0 aliphatic heterocycles. The van der Waals surface area contributed by atoms with E-state index < -0.39 is 18.0 Å². The van der Waals surface area contributed by atoms with Gasteiger partial charge in [0.05, 0.1) is 49.9 Å². The highest BCUT2D eigenvalue weighted by Crippen LogP contribution is 2.23. The molecule has 3 rings (SSSR count). The van der Waals surface area contributed by atoms with Crippen LogP contribution in [0, 0.1) is 5.82 Å². The van der Waals surface area contributed by atoms with Crippen molar-refractivity contribution in [2.45, 2.75) is 32.0 Å². The number of aromatic nitrogens is 3.